The Bertz CT molecular complexity index is 747. The van der Waals surface area contributed by atoms with Gasteiger partial charge in [-0.3, -0.25) is 10.1 Å². The number of rotatable bonds is 3. The monoisotopic (exact) mass is 325 g/mol. The van der Waals surface area contributed by atoms with Gasteiger partial charge in [0.1, 0.15) is 5.75 Å². The Balaban J connectivity index is 2.42. The van der Waals surface area contributed by atoms with Gasteiger partial charge >= 0.3 is 6.18 Å². The molecule has 0 aliphatic rings. The first-order valence-electron chi connectivity index (χ1n) is 6.73. The molecule has 0 spiro atoms. The number of nitrogens with zero attached hydrogens (tertiary/aromatic N) is 1. The molecule has 0 heterocycles. The normalized spacial score (nSPS) is 11.5. The molecule has 0 unspecified atom stereocenters. The number of nitro groups is 1. The van der Waals surface area contributed by atoms with Crippen molar-refractivity contribution < 1.29 is 23.2 Å². The number of benzene rings is 2. The standard InChI is InChI=1S/C16H14F3NO3/c1-9-5-12(20(22)23)6-10(2)13(9)7-11-3-4-15(21)14(8-11)16(17,18)19/h3-6,8,21H,7H2,1-2H3. The van der Waals surface area contributed by atoms with Gasteiger partial charge in [-0.2, -0.15) is 13.2 Å². The summed E-state index contributed by atoms with van der Waals surface area (Å²) in [5.74, 6) is -0.821. The SMILES string of the molecule is Cc1cc([N+](=O)[O-])cc(C)c1Cc1ccc(O)c(C(F)(F)F)c1. The zero-order chi connectivity index (χ0) is 17.4. The minimum Gasteiger partial charge on any atom is -0.507 e. The van der Waals surface area contributed by atoms with E-state index in [1.54, 1.807) is 13.8 Å². The lowest BCUT2D eigenvalue weighted by Gasteiger charge is -2.13. The van der Waals surface area contributed by atoms with Crippen molar-refractivity contribution in [2.45, 2.75) is 26.4 Å². The van der Waals surface area contributed by atoms with Crippen LogP contribution in [0.3, 0.4) is 0 Å². The summed E-state index contributed by atoms with van der Waals surface area (Å²) in [6, 6.07) is 6.11. The van der Waals surface area contributed by atoms with Gasteiger partial charge in [-0.15, -0.1) is 0 Å². The second kappa shape index (κ2) is 5.91. The molecule has 0 amide bonds. The number of aromatic hydroxyl groups is 1. The van der Waals surface area contributed by atoms with Crippen LogP contribution in [0.5, 0.6) is 5.75 Å². The van der Waals surface area contributed by atoms with Crippen LogP contribution in [-0.2, 0) is 12.6 Å². The quantitative estimate of drug-likeness (QED) is 0.666. The average molecular weight is 325 g/mol. The number of non-ortho nitro benzene ring substituents is 1. The molecule has 122 valence electrons. The summed E-state index contributed by atoms with van der Waals surface area (Å²) in [6.07, 6.45) is -4.45. The summed E-state index contributed by atoms with van der Waals surface area (Å²) < 4.78 is 38.5. The van der Waals surface area contributed by atoms with Crippen molar-refractivity contribution in [1.29, 1.82) is 0 Å². The van der Waals surface area contributed by atoms with Crippen molar-refractivity contribution >= 4 is 5.69 Å². The van der Waals surface area contributed by atoms with Crippen LogP contribution in [0.15, 0.2) is 30.3 Å². The molecular formula is C16H14F3NO3. The molecule has 0 bridgehead atoms. The van der Waals surface area contributed by atoms with Crippen LogP contribution in [0.2, 0.25) is 0 Å². The van der Waals surface area contributed by atoms with Crippen molar-refractivity contribution in [2.75, 3.05) is 0 Å². The lowest BCUT2D eigenvalue weighted by molar-refractivity contribution is -0.385. The molecule has 0 atom stereocenters. The van der Waals surface area contributed by atoms with Gasteiger partial charge in [0.2, 0.25) is 0 Å². The summed E-state index contributed by atoms with van der Waals surface area (Å²) in [5.41, 5.74) is 1.24. The molecule has 7 heteroatoms. The van der Waals surface area contributed by atoms with Crippen LogP contribution in [-0.4, -0.2) is 10.0 Å². The third-order valence-electron chi connectivity index (χ3n) is 3.64. The fraction of sp³-hybridized carbons (Fsp3) is 0.250. The molecule has 1 N–H and O–H groups in total. The maximum atomic E-state index is 12.8. The smallest absolute Gasteiger partial charge is 0.419 e. The minimum atomic E-state index is -4.64. The van der Waals surface area contributed by atoms with E-state index in [2.05, 4.69) is 0 Å². The predicted octanol–water partition coefficient (Wildman–Crippen LogP) is 4.53. The van der Waals surface area contributed by atoms with Gasteiger partial charge in [0, 0.05) is 12.1 Å². The van der Waals surface area contributed by atoms with Crippen LogP contribution >= 0.6 is 0 Å². The molecule has 4 nitrogen and oxygen atoms in total. The third-order valence-corrected chi connectivity index (χ3v) is 3.64. The van der Waals surface area contributed by atoms with E-state index in [4.69, 9.17) is 0 Å². The first kappa shape index (κ1) is 16.8. The molecule has 23 heavy (non-hydrogen) atoms. The number of hydrogen-bond donors (Lipinski definition) is 1. The van der Waals surface area contributed by atoms with Crippen LogP contribution in [0.4, 0.5) is 18.9 Å². The van der Waals surface area contributed by atoms with E-state index in [1.165, 1.54) is 18.2 Å². The van der Waals surface area contributed by atoms with Crippen molar-refractivity contribution in [3.05, 3.63) is 68.3 Å². The second-order valence-electron chi connectivity index (χ2n) is 5.34. The average Bonchev–Trinajstić information content (AvgIpc) is 2.42. The summed E-state index contributed by atoms with van der Waals surface area (Å²) in [6.45, 7) is 3.36. The summed E-state index contributed by atoms with van der Waals surface area (Å²) in [7, 11) is 0. The molecule has 0 aromatic heterocycles. The van der Waals surface area contributed by atoms with Crippen LogP contribution < -0.4 is 0 Å². The van der Waals surface area contributed by atoms with E-state index in [-0.39, 0.29) is 12.1 Å². The van der Waals surface area contributed by atoms with Crippen molar-refractivity contribution in [3.63, 3.8) is 0 Å². The zero-order valence-electron chi connectivity index (χ0n) is 12.4. The molecule has 0 radical (unpaired) electrons. The fourth-order valence-corrected chi connectivity index (χ4v) is 2.48. The summed E-state index contributed by atoms with van der Waals surface area (Å²) in [4.78, 5) is 10.3. The number of hydrogen-bond acceptors (Lipinski definition) is 3. The van der Waals surface area contributed by atoms with E-state index < -0.39 is 22.4 Å². The topological polar surface area (TPSA) is 63.4 Å². The first-order valence-corrected chi connectivity index (χ1v) is 6.73. The fourth-order valence-electron chi connectivity index (χ4n) is 2.48. The molecule has 0 aliphatic heterocycles. The Morgan fingerprint density at radius 3 is 2.17 bits per heavy atom. The number of alkyl halides is 3. The molecule has 0 saturated carbocycles. The van der Waals surface area contributed by atoms with Gasteiger partial charge in [0.15, 0.2) is 0 Å². The summed E-state index contributed by atoms with van der Waals surface area (Å²) >= 11 is 0. The van der Waals surface area contributed by atoms with Crippen molar-refractivity contribution in [1.82, 2.24) is 0 Å². The van der Waals surface area contributed by atoms with Crippen LogP contribution in [0, 0.1) is 24.0 Å². The number of phenolic OH excluding ortho intramolecular Hbond substituents is 1. The maximum absolute atomic E-state index is 12.8. The maximum Gasteiger partial charge on any atom is 0.419 e. The summed E-state index contributed by atoms with van der Waals surface area (Å²) in [5, 5.41) is 20.2. The molecular weight excluding hydrogens is 311 g/mol. The van der Waals surface area contributed by atoms with Gasteiger partial charge in [-0.25, -0.2) is 0 Å². The highest BCUT2D eigenvalue weighted by Crippen LogP contribution is 2.36. The van der Waals surface area contributed by atoms with Crippen LogP contribution in [0.25, 0.3) is 0 Å². The Labute approximate surface area is 130 Å². The zero-order valence-corrected chi connectivity index (χ0v) is 12.4. The second-order valence-corrected chi connectivity index (χ2v) is 5.34. The van der Waals surface area contributed by atoms with Crippen LogP contribution in [0.1, 0.15) is 27.8 Å². The first-order chi connectivity index (χ1) is 10.6. The Kier molecular flexibility index (Phi) is 4.31. The number of nitro benzene ring substituents is 1. The third kappa shape index (κ3) is 3.61. The predicted molar refractivity (Wildman–Crippen MR) is 78.5 cm³/mol. The van der Waals surface area contributed by atoms with Crippen molar-refractivity contribution in [2.24, 2.45) is 0 Å². The van der Waals surface area contributed by atoms with E-state index >= 15 is 0 Å². The lowest BCUT2D eigenvalue weighted by atomic mass is 9.94. The minimum absolute atomic E-state index is 0.0505. The molecule has 0 saturated heterocycles. The molecule has 0 fully saturated rings. The van der Waals surface area contributed by atoms with Gasteiger partial charge in [0.25, 0.3) is 5.69 Å². The van der Waals surface area contributed by atoms with E-state index in [0.717, 1.165) is 17.7 Å². The molecule has 2 aromatic carbocycles. The van der Waals surface area contributed by atoms with Gasteiger partial charge in [-0.05, 0) is 54.7 Å². The van der Waals surface area contributed by atoms with E-state index in [1.807, 2.05) is 0 Å². The van der Waals surface area contributed by atoms with Crippen molar-refractivity contribution in [3.8, 4) is 5.75 Å². The lowest BCUT2D eigenvalue weighted by Crippen LogP contribution is -2.06. The van der Waals surface area contributed by atoms with E-state index in [0.29, 0.717) is 16.7 Å². The Morgan fingerprint density at radius 1 is 1.13 bits per heavy atom. The number of halogens is 3. The highest BCUT2D eigenvalue weighted by atomic mass is 19.4. The van der Waals surface area contributed by atoms with Gasteiger partial charge < -0.3 is 5.11 Å². The highest BCUT2D eigenvalue weighted by molar-refractivity contribution is 5.48. The molecule has 0 aliphatic carbocycles. The largest absolute Gasteiger partial charge is 0.507 e. The molecule has 2 aromatic rings. The Morgan fingerprint density at radius 2 is 1.70 bits per heavy atom. The number of phenols is 1. The van der Waals surface area contributed by atoms with Gasteiger partial charge in [-0.1, -0.05) is 6.07 Å². The van der Waals surface area contributed by atoms with E-state index in [9.17, 15) is 28.4 Å². The van der Waals surface area contributed by atoms with Gasteiger partial charge in [0.05, 0.1) is 10.5 Å². The molecule has 2 rings (SSSR count). The highest BCUT2D eigenvalue weighted by Gasteiger charge is 2.34. The Hall–Kier alpha value is -2.57. The number of aryl methyl sites for hydroxylation is 2.